The molecule has 5 heteroatoms. The second-order valence-electron chi connectivity index (χ2n) is 2.16. The van der Waals surface area contributed by atoms with E-state index in [2.05, 4.69) is 4.99 Å². The van der Waals surface area contributed by atoms with E-state index in [0.717, 1.165) is 13.1 Å². The van der Waals surface area contributed by atoms with Crippen LogP contribution in [0.5, 0.6) is 0 Å². The van der Waals surface area contributed by atoms with Crippen LogP contribution in [0, 0.1) is 0 Å². The van der Waals surface area contributed by atoms with Crippen molar-refractivity contribution in [3.63, 3.8) is 0 Å². The van der Waals surface area contributed by atoms with E-state index < -0.39 is 0 Å². The van der Waals surface area contributed by atoms with Crippen LogP contribution in [0.3, 0.4) is 0 Å². The first-order valence-electron chi connectivity index (χ1n) is 3.21. The molecule has 0 radical (unpaired) electrons. The average Bonchev–Trinajstić information content (AvgIpc) is 2.34. The minimum atomic E-state index is -0.277. The lowest BCUT2D eigenvalue weighted by Crippen LogP contribution is -2.21. The molecule has 0 N–H and O–H groups in total. The Balaban J connectivity index is 0.000001000. The predicted octanol–water partition coefficient (Wildman–Crippen LogP) is 0.908. The summed E-state index contributed by atoms with van der Waals surface area (Å²) in [4.78, 5) is 16.3. The van der Waals surface area contributed by atoms with Crippen molar-refractivity contribution in [3.8, 4) is 0 Å². The fraction of sp³-hybridized carbons (Fsp3) is 0.667. The lowest BCUT2D eigenvalue weighted by molar-refractivity contribution is -0.111. The topological polar surface area (TPSA) is 32.7 Å². The molecule has 0 aliphatic carbocycles. The Kier molecular flexibility index (Phi) is 5.24. The van der Waals surface area contributed by atoms with Gasteiger partial charge in [0, 0.05) is 19.5 Å². The third kappa shape index (κ3) is 4.22. The van der Waals surface area contributed by atoms with Gasteiger partial charge in [-0.3, -0.25) is 9.79 Å². The van der Waals surface area contributed by atoms with Crippen molar-refractivity contribution < 1.29 is 4.79 Å². The Bertz CT molecular complexity index is 161. The molecule has 0 aromatic carbocycles. The predicted molar refractivity (Wildman–Crippen MR) is 47.7 cm³/mol. The first kappa shape index (κ1) is 10.7. The monoisotopic (exact) mass is 196 g/mol. The molecular weight excluding hydrogens is 187 g/mol. The minimum absolute atomic E-state index is 0. The molecule has 0 aromatic rings. The van der Waals surface area contributed by atoms with E-state index in [1.807, 2.05) is 4.90 Å². The molecule has 64 valence electrons. The normalized spacial score (nSPS) is 14.8. The molecular formula is C6H10Cl2N2O. The molecule has 0 atom stereocenters. The molecule has 0 unspecified atom stereocenters. The highest BCUT2D eigenvalue weighted by Gasteiger charge is 2.05. The summed E-state index contributed by atoms with van der Waals surface area (Å²) in [6, 6.07) is 0. The SMILES string of the molecule is Cl.O=C(Cl)CCN1C=NCC1. The van der Waals surface area contributed by atoms with Gasteiger partial charge < -0.3 is 4.90 Å². The van der Waals surface area contributed by atoms with Gasteiger partial charge in [-0.05, 0) is 11.6 Å². The lowest BCUT2D eigenvalue weighted by atomic mass is 10.4. The number of rotatable bonds is 3. The van der Waals surface area contributed by atoms with Gasteiger partial charge in [0.2, 0.25) is 5.24 Å². The van der Waals surface area contributed by atoms with Gasteiger partial charge in [-0.25, -0.2) is 0 Å². The van der Waals surface area contributed by atoms with E-state index >= 15 is 0 Å². The molecule has 0 bridgehead atoms. The molecule has 1 rings (SSSR count). The summed E-state index contributed by atoms with van der Waals surface area (Å²) in [6.45, 7) is 2.46. The van der Waals surface area contributed by atoms with Crippen LogP contribution in [0.25, 0.3) is 0 Å². The minimum Gasteiger partial charge on any atom is -0.361 e. The number of nitrogens with zero attached hydrogens (tertiary/aromatic N) is 2. The zero-order chi connectivity index (χ0) is 7.40. The average molecular weight is 197 g/mol. The molecule has 0 aromatic heterocycles. The number of aliphatic imine (C=N–C) groups is 1. The summed E-state index contributed by atoms with van der Waals surface area (Å²) in [6.07, 6.45) is 2.17. The van der Waals surface area contributed by atoms with E-state index in [0.29, 0.717) is 13.0 Å². The summed E-state index contributed by atoms with van der Waals surface area (Å²) in [5.74, 6) is 0. The molecule has 0 amide bonds. The third-order valence-corrected chi connectivity index (χ3v) is 1.55. The van der Waals surface area contributed by atoms with Crippen molar-refractivity contribution in [2.75, 3.05) is 19.6 Å². The maximum absolute atomic E-state index is 10.3. The van der Waals surface area contributed by atoms with Crippen LogP contribution in [-0.4, -0.2) is 36.1 Å². The van der Waals surface area contributed by atoms with Crippen LogP contribution in [0.1, 0.15) is 6.42 Å². The van der Waals surface area contributed by atoms with Gasteiger partial charge in [0.15, 0.2) is 0 Å². The first-order valence-corrected chi connectivity index (χ1v) is 3.59. The zero-order valence-corrected chi connectivity index (χ0v) is 7.57. The van der Waals surface area contributed by atoms with Crippen molar-refractivity contribution in [1.82, 2.24) is 4.90 Å². The Morgan fingerprint density at radius 3 is 2.91 bits per heavy atom. The fourth-order valence-corrected chi connectivity index (χ4v) is 0.903. The van der Waals surface area contributed by atoms with Crippen LogP contribution in [0.4, 0.5) is 0 Å². The smallest absolute Gasteiger partial charge is 0.223 e. The Hall–Kier alpha value is -0.280. The number of carbonyl (C=O) groups is 1. The molecule has 0 fully saturated rings. The Morgan fingerprint density at radius 2 is 2.45 bits per heavy atom. The van der Waals surface area contributed by atoms with Crippen molar-refractivity contribution >= 4 is 35.6 Å². The number of hydrogen-bond acceptors (Lipinski definition) is 3. The van der Waals surface area contributed by atoms with Gasteiger partial charge in [0.1, 0.15) is 0 Å². The third-order valence-electron chi connectivity index (χ3n) is 1.36. The number of hydrogen-bond donors (Lipinski definition) is 0. The Labute approximate surface area is 76.8 Å². The van der Waals surface area contributed by atoms with E-state index in [-0.39, 0.29) is 17.6 Å². The molecule has 11 heavy (non-hydrogen) atoms. The van der Waals surface area contributed by atoms with Gasteiger partial charge in [0.25, 0.3) is 0 Å². The molecule has 0 saturated carbocycles. The maximum Gasteiger partial charge on any atom is 0.223 e. The summed E-state index contributed by atoms with van der Waals surface area (Å²) in [5, 5.41) is -0.277. The van der Waals surface area contributed by atoms with E-state index in [1.54, 1.807) is 6.34 Å². The van der Waals surface area contributed by atoms with Crippen molar-refractivity contribution in [1.29, 1.82) is 0 Å². The highest BCUT2D eigenvalue weighted by molar-refractivity contribution is 6.63. The molecule has 0 saturated heterocycles. The van der Waals surface area contributed by atoms with Gasteiger partial charge in [0.05, 0.1) is 12.9 Å². The highest BCUT2D eigenvalue weighted by Crippen LogP contribution is 1.96. The van der Waals surface area contributed by atoms with E-state index in [1.165, 1.54) is 0 Å². The zero-order valence-electron chi connectivity index (χ0n) is 5.99. The molecule has 1 aliphatic rings. The summed E-state index contributed by atoms with van der Waals surface area (Å²) >= 11 is 5.15. The molecule has 0 spiro atoms. The van der Waals surface area contributed by atoms with Gasteiger partial charge in [-0.2, -0.15) is 0 Å². The number of halogens is 2. The highest BCUT2D eigenvalue weighted by atomic mass is 35.5. The van der Waals surface area contributed by atoms with Gasteiger partial charge in [-0.15, -0.1) is 12.4 Å². The van der Waals surface area contributed by atoms with Crippen LogP contribution in [0.2, 0.25) is 0 Å². The largest absolute Gasteiger partial charge is 0.361 e. The van der Waals surface area contributed by atoms with E-state index in [9.17, 15) is 4.79 Å². The lowest BCUT2D eigenvalue weighted by Gasteiger charge is -2.10. The van der Waals surface area contributed by atoms with Crippen LogP contribution >= 0.6 is 24.0 Å². The van der Waals surface area contributed by atoms with Gasteiger partial charge in [-0.1, -0.05) is 0 Å². The summed E-state index contributed by atoms with van der Waals surface area (Å²) < 4.78 is 0. The molecule has 1 aliphatic heterocycles. The molecule has 1 heterocycles. The van der Waals surface area contributed by atoms with Gasteiger partial charge >= 0.3 is 0 Å². The fourth-order valence-electron chi connectivity index (χ4n) is 0.818. The number of carbonyl (C=O) groups excluding carboxylic acids is 1. The maximum atomic E-state index is 10.3. The van der Waals surface area contributed by atoms with E-state index in [4.69, 9.17) is 11.6 Å². The van der Waals surface area contributed by atoms with Crippen LogP contribution < -0.4 is 0 Å². The van der Waals surface area contributed by atoms with Crippen molar-refractivity contribution in [2.45, 2.75) is 6.42 Å². The summed E-state index contributed by atoms with van der Waals surface area (Å²) in [5.41, 5.74) is 0. The second kappa shape index (κ2) is 5.38. The van der Waals surface area contributed by atoms with Crippen LogP contribution in [0.15, 0.2) is 4.99 Å². The van der Waals surface area contributed by atoms with Crippen LogP contribution in [-0.2, 0) is 4.79 Å². The van der Waals surface area contributed by atoms with Crippen molar-refractivity contribution in [2.24, 2.45) is 4.99 Å². The standard InChI is InChI=1S/C6H9ClN2O.ClH/c7-6(10)1-3-9-4-2-8-5-9;/h5H,1-4H2;1H. The van der Waals surface area contributed by atoms with Crippen molar-refractivity contribution in [3.05, 3.63) is 0 Å². The summed E-state index contributed by atoms with van der Waals surface area (Å²) in [7, 11) is 0. The second-order valence-corrected chi connectivity index (χ2v) is 2.58. The Morgan fingerprint density at radius 1 is 1.73 bits per heavy atom. The first-order chi connectivity index (χ1) is 4.79. The quantitative estimate of drug-likeness (QED) is 0.630. The molecule has 3 nitrogen and oxygen atoms in total.